The van der Waals surface area contributed by atoms with Crippen LogP contribution in [0.3, 0.4) is 0 Å². The molecule has 1 aliphatic rings. The smallest absolute Gasteiger partial charge is 0.295 e. The fourth-order valence-corrected chi connectivity index (χ4v) is 3.59. The SMILES string of the molecule is CCCOc1cccc(C2/C(=C(\O)c3ccc([N+](=O)[O-])cc3)C(=O)C(=O)N2CCC)c1. The predicted octanol–water partition coefficient (Wildman–Crippen LogP) is 4.22. The molecule has 0 spiro atoms. The normalized spacial score (nSPS) is 17.7. The van der Waals surface area contributed by atoms with Crippen LogP contribution in [0.4, 0.5) is 5.69 Å². The van der Waals surface area contributed by atoms with Gasteiger partial charge in [0.2, 0.25) is 0 Å². The van der Waals surface area contributed by atoms with Crippen LogP contribution in [-0.2, 0) is 9.59 Å². The molecular weight excluding hydrogens is 400 g/mol. The van der Waals surface area contributed by atoms with E-state index in [4.69, 9.17) is 4.74 Å². The zero-order valence-electron chi connectivity index (χ0n) is 17.4. The van der Waals surface area contributed by atoms with E-state index in [1.54, 1.807) is 24.3 Å². The van der Waals surface area contributed by atoms with E-state index in [1.807, 2.05) is 13.8 Å². The number of aliphatic hydroxyl groups is 1. The number of amides is 1. The molecule has 1 N–H and O–H groups in total. The first kappa shape index (κ1) is 22.0. The number of carbonyl (C=O) groups is 2. The first-order chi connectivity index (χ1) is 14.9. The van der Waals surface area contributed by atoms with Gasteiger partial charge in [-0.2, -0.15) is 0 Å². The predicted molar refractivity (Wildman–Crippen MR) is 115 cm³/mol. The number of benzene rings is 2. The lowest BCUT2D eigenvalue weighted by Crippen LogP contribution is -2.30. The molecule has 0 bridgehead atoms. The van der Waals surface area contributed by atoms with Gasteiger partial charge in [0.1, 0.15) is 11.5 Å². The minimum absolute atomic E-state index is 0.0417. The topological polar surface area (TPSA) is 110 Å². The summed E-state index contributed by atoms with van der Waals surface area (Å²) in [6.07, 6.45) is 1.46. The van der Waals surface area contributed by atoms with Crippen molar-refractivity contribution in [2.75, 3.05) is 13.2 Å². The van der Waals surface area contributed by atoms with Crippen LogP contribution in [0.15, 0.2) is 54.1 Å². The van der Waals surface area contributed by atoms with Crippen LogP contribution in [0.5, 0.6) is 5.75 Å². The Labute approximate surface area is 179 Å². The van der Waals surface area contributed by atoms with Gasteiger partial charge in [0, 0.05) is 24.2 Å². The molecule has 0 saturated carbocycles. The summed E-state index contributed by atoms with van der Waals surface area (Å²) in [6.45, 7) is 4.76. The van der Waals surface area contributed by atoms with Crippen molar-refractivity contribution in [1.29, 1.82) is 0 Å². The molecule has 0 aliphatic carbocycles. The molecule has 3 rings (SSSR count). The summed E-state index contributed by atoms with van der Waals surface area (Å²) in [7, 11) is 0. The van der Waals surface area contributed by atoms with Gasteiger partial charge >= 0.3 is 0 Å². The molecule has 8 heteroatoms. The van der Waals surface area contributed by atoms with Crippen LogP contribution in [0.25, 0.3) is 5.76 Å². The Morgan fingerprint density at radius 2 is 1.84 bits per heavy atom. The van der Waals surface area contributed by atoms with Crippen molar-refractivity contribution in [3.8, 4) is 5.75 Å². The van der Waals surface area contributed by atoms with E-state index in [-0.39, 0.29) is 22.6 Å². The molecule has 0 radical (unpaired) electrons. The Kier molecular flexibility index (Phi) is 6.69. The number of carbonyl (C=O) groups excluding carboxylic acids is 2. The number of nitro groups is 1. The van der Waals surface area contributed by atoms with Crippen LogP contribution in [-0.4, -0.2) is 39.8 Å². The number of likely N-dealkylation sites (tertiary alicyclic amines) is 1. The summed E-state index contributed by atoms with van der Waals surface area (Å²) in [5, 5.41) is 21.9. The lowest BCUT2D eigenvalue weighted by Gasteiger charge is -2.25. The maximum absolute atomic E-state index is 12.9. The number of non-ortho nitro benzene ring substituents is 1. The summed E-state index contributed by atoms with van der Waals surface area (Å²) >= 11 is 0. The highest BCUT2D eigenvalue weighted by molar-refractivity contribution is 6.46. The van der Waals surface area contributed by atoms with E-state index >= 15 is 0 Å². The Morgan fingerprint density at radius 1 is 1.13 bits per heavy atom. The number of nitrogens with zero attached hydrogens (tertiary/aromatic N) is 2. The molecular formula is C23H24N2O6. The first-order valence-electron chi connectivity index (χ1n) is 10.1. The summed E-state index contributed by atoms with van der Waals surface area (Å²) in [4.78, 5) is 37.4. The first-order valence-corrected chi connectivity index (χ1v) is 10.1. The summed E-state index contributed by atoms with van der Waals surface area (Å²) in [6, 6.07) is 11.5. The van der Waals surface area contributed by atoms with Crippen molar-refractivity contribution in [2.24, 2.45) is 0 Å². The second kappa shape index (κ2) is 9.42. The monoisotopic (exact) mass is 424 g/mol. The zero-order valence-corrected chi connectivity index (χ0v) is 17.4. The molecule has 0 aromatic heterocycles. The van der Waals surface area contributed by atoms with E-state index < -0.39 is 22.7 Å². The molecule has 1 amide bonds. The number of hydrogen-bond donors (Lipinski definition) is 1. The average Bonchev–Trinajstić information content (AvgIpc) is 3.02. The number of aliphatic hydroxyl groups excluding tert-OH is 1. The molecule has 1 unspecified atom stereocenters. The van der Waals surface area contributed by atoms with Crippen molar-refractivity contribution in [3.63, 3.8) is 0 Å². The highest BCUT2D eigenvalue weighted by Gasteiger charge is 2.45. The lowest BCUT2D eigenvalue weighted by molar-refractivity contribution is -0.384. The largest absolute Gasteiger partial charge is 0.507 e. The fourth-order valence-electron chi connectivity index (χ4n) is 3.59. The number of ether oxygens (including phenoxy) is 1. The van der Waals surface area contributed by atoms with Crippen LogP contribution < -0.4 is 4.74 Å². The molecule has 1 heterocycles. The summed E-state index contributed by atoms with van der Waals surface area (Å²) in [5.74, 6) is -1.22. The minimum Gasteiger partial charge on any atom is -0.507 e. The van der Waals surface area contributed by atoms with Gasteiger partial charge < -0.3 is 14.7 Å². The second-order valence-corrected chi connectivity index (χ2v) is 7.22. The Bertz CT molecular complexity index is 1030. The number of rotatable bonds is 8. The number of nitro benzene ring substituents is 1. The molecule has 162 valence electrons. The zero-order chi connectivity index (χ0) is 22.5. The van der Waals surface area contributed by atoms with Crippen LogP contribution in [0, 0.1) is 10.1 Å². The van der Waals surface area contributed by atoms with Crippen LogP contribution >= 0.6 is 0 Å². The van der Waals surface area contributed by atoms with Gasteiger partial charge in [0.25, 0.3) is 17.4 Å². The van der Waals surface area contributed by atoms with Crippen molar-refractivity contribution in [2.45, 2.75) is 32.7 Å². The highest BCUT2D eigenvalue weighted by atomic mass is 16.6. The molecule has 2 aromatic carbocycles. The Morgan fingerprint density at radius 3 is 2.45 bits per heavy atom. The van der Waals surface area contributed by atoms with Gasteiger partial charge in [-0.3, -0.25) is 19.7 Å². The van der Waals surface area contributed by atoms with Gasteiger partial charge in [-0.15, -0.1) is 0 Å². The average molecular weight is 424 g/mol. The van der Waals surface area contributed by atoms with Gasteiger partial charge in [-0.05, 0) is 42.7 Å². The third-order valence-corrected chi connectivity index (χ3v) is 5.00. The quantitative estimate of drug-likeness (QED) is 0.223. The number of Topliss-reactive ketones (excluding diaryl/α,β-unsaturated/α-hetero) is 1. The summed E-state index contributed by atoms with van der Waals surface area (Å²) < 4.78 is 5.69. The molecule has 1 atom stereocenters. The van der Waals surface area contributed by atoms with Gasteiger partial charge in [0.15, 0.2) is 0 Å². The van der Waals surface area contributed by atoms with E-state index in [1.165, 1.54) is 29.2 Å². The van der Waals surface area contributed by atoms with Crippen LogP contribution in [0.1, 0.15) is 43.9 Å². The van der Waals surface area contributed by atoms with Gasteiger partial charge in [0.05, 0.1) is 23.1 Å². The van der Waals surface area contributed by atoms with E-state index in [9.17, 15) is 24.8 Å². The van der Waals surface area contributed by atoms with E-state index in [0.717, 1.165) is 6.42 Å². The van der Waals surface area contributed by atoms with Crippen molar-refractivity contribution >= 4 is 23.1 Å². The maximum Gasteiger partial charge on any atom is 0.295 e. The van der Waals surface area contributed by atoms with Gasteiger partial charge in [-0.25, -0.2) is 0 Å². The van der Waals surface area contributed by atoms with E-state index in [2.05, 4.69) is 0 Å². The Hall–Kier alpha value is -3.68. The second-order valence-electron chi connectivity index (χ2n) is 7.22. The van der Waals surface area contributed by atoms with E-state index in [0.29, 0.717) is 30.9 Å². The Balaban J connectivity index is 2.11. The molecule has 1 aliphatic heterocycles. The third-order valence-electron chi connectivity index (χ3n) is 5.00. The number of ketones is 1. The molecule has 8 nitrogen and oxygen atoms in total. The number of hydrogen-bond acceptors (Lipinski definition) is 6. The maximum atomic E-state index is 12.9. The fraction of sp³-hybridized carbons (Fsp3) is 0.304. The standard InChI is InChI=1S/C23H24N2O6/c1-3-12-24-20(16-6-5-7-18(14-16)31-13-4-2)19(22(27)23(24)28)21(26)15-8-10-17(11-9-15)25(29)30/h5-11,14,20,26H,3-4,12-13H2,1-2H3/b21-19+. The van der Waals surface area contributed by atoms with Gasteiger partial charge in [-0.1, -0.05) is 26.0 Å². The molecule has 1 fully saturated rings. The van der Waals surface area contributed by atoms with Crippen LogP contribution in [0.2, 0.25) is 0 Å². The molecule has 2 aromatic rings. The third kappa shape index (κ3) is 4.42. The van der Waals surface area contributed by atoms with Crippen molar-refractivity contribution in [3.05, 3.63) is 75.3 Å². The lowest BCUT2D eigenvalue weighted by atomic mass is 9.95. The minimum atomic E-state index is -0.783. The molecule has 1 saturated heterocycles. The highest BCUT2D eigenvalue weighted by Crippen LogP contribution is 2.40. The molecule has 31 heavy (non-hydrogen) atoms. The summed E-state index contributed by atoms with van der Waals surface area (Å²) in [5.41, 5.74) is 0.688. The van der Waals surface area contributed by atoms with Crippen molar-refractivity contribution < 1.29 is 24.4 Å². The van der Waals surface area contributed by atoms with Crippen molar-refractivity contribution in [1.82, 2.24) is 4.90 Å².